The van der Waals surface area contributed by atoms with Gasteiger partial charge in [0.1, 0.15) is 0 Å². The third-order valence-electron chi connectivity index (χ3n) is 1.65. The third kappa shape index (κ3) is 76.1. The van der Waals surface area contributed by atoms with Crippen molar-refractivity contribution in [1.82, 2.24) is 0 Å². The molecule has 0 saturated carbocycles. The van der Waals surface area contributed by atoms with E-state index in [2.05, 4.69) is 0 Å². The van der Waals surface area contributed by atoms with Crippen LogP contribution in [0.5, 0.6) is 0 Å². The maximum atomic E-state index is 10.0. The van der Waals surface area contributed by atoms with Crippen molar-refractivity contribution >= 4 is 23.1 Å². The molecule has 0 aromatic heterocycles. The second kappa shape index (κ2) is 24.2. The van der Waals surface area contributed by atoms with E-state index in [9.17, 15) is 19.2 Å². The number of rotatable bonds is 4. The number of allylic oxidation sites excluding steroid dienone is 8. The molecule has 0 bridgehead atoms. The summed E-state index contributed by atoms with van der Waals surface area (Å²) in [6, 6.07) is 0. The zero-order valence-electron chi connectivity index (χ0n) is 18.2. The van der Waals surface area contributed by atoms with Crippen molar-refractivity contribution in [1.29, 1.82) is 0 Å². The van der Waals surface area contributed by atoms with Gasteiger partial charge in [-0.15, -0.1) is 0 Å². The summed E-state index contributed by atoms with van der Waals surface area (Å²) < 4.78 is 0. The molecule has 0 saturated heterocycles. The molecule has 29 heavy (non-hydrogen) atoms. The first-order valence-corrected chi connectivity index (χ1v) is 8.02. The maximum absolute atomic E-state index is 10.0. The summed E-state index contributed by atoms with van der Waals surface area (Å²) in [7, 11) is 0. The molecule has 0 aliphatic carbocycles. The number of hydrogen-bond acceptors (Lipinski definition) is 8. The Morgan fingerprint density at radius 3 is 0.517 bits per heavy atom. The predicted octanol–water partition coefficient (Wildman–Crippen LogP) is 4.15. The monoisotopic (exact) mass is 632 g/mol. The number of aliphatic hydroxyl groups excluding tert-OH is 4. The second-order valence-electron chi connectivity index (χ2n) is 5.59. The minimum absolute atomic E-state index is 0. The Kier molecular flexibility index (Phi) is 31.6. The van der Waals surface area contributed by atoms with Crippen molar-refractivity contribution < 1.29 is 79.5 Å². The molecule has 0 aromatic rings. The van der Waals surface area contributed by atoms with Crippen molar-refractivity contribution in [3.05, 3.63) is 47.3 Å². The topological polar surface area (TPSA) is 149 Å². The van der Waals surface area contributed by atoms with Gasteiger partial charge in [-0.3, -0.25) is 19.2 Å². The SMILES string of the molecule is CC(=O)C=C(C)O.CC(=O)C=C(C)O.CC(=O)C=C(C)O.CC(=O)C=C(C)O.[Th]. The summed E-state index contributed by atoms with van der Waals surface area (Å²) >= 11 is 0. The van der Waals surface area contributed by atoms with E-state index in [0.717, 1.165) is 0 Å². The molecule has 0 atom stereocenters. The molecule has 0 spiro atoms. The molecular weight excluding hydrogens is 600 g/mol. The minimum Gasteiger partial charge on any atom is -0.512 e. The molecule has 0 unspecified atom stereocenters. The molecule has 0 radical (unpaired) electrons. The smallest absolute Gasteiger partial charge is 0.155 e. The van der Waals surface area contributed by atoms with Crippen LogP contribution in [0, 0.1) is 39.9 Å². The van der Waals surface area contributed by atoms with Crippen LogP contribution in [0.2, 0.25) is 0 Å². The molecule has 4 N–H and O–H groups in total. The first kappa shape index (κ1) is 37.9. The van der Waals surface area contributed by atoms with Crippen LogP contribution >= 0.6 is 0 Å². The van der Waals surface area contributed by atoms with Gasteiger partial charge in [0.15, 0.2) is 23.1 Å². The van der Waals surface area contributed by atoms with E-state index in [0.29, 0.717) is 0 Å². The van der Waals surface area contributed by atoms with Crippen LogP contribution in [-0.2, 0) is 19.2 Å². The van der Waals surface area contributed by atoms with Crippen LogP contribution in [0.3, 0.4) is 0 Å². The van der Waals surface area contributed by atoms with Gasteiger partial charge in [-0.1, -0.05) is 0 Å². The van der Waals surface area contributed by atoms with Crippen LogP contribution in [-0.4, -0.2) is 43.6 Å². The fraction of sp³-hybridized carbons (Fsp3) is 0.400. The molecule has 164 valence electrons. The van der Waals surface area contributed by atoms with Crippen molar-refractivity contribution in [2.24, 2.45) is 0 Å². The van der Waals surface area contributed by atoms with E-state index in [4.69, 9.17) is 20.4 Å². The molecular formula is C20H32O8Th. The standard InChI is InChI=1S/4C5H8O2.Th/c4*1-4(6)3-5(2)7;/h4*3,6H,1-2H3;. The largest absolute Gasteiger partial charge is 0.512 e. The van der Waals surface area contributed by atoms with Crippen LogP contribution in [0.25, 0.3) is 0 Å². The molecule has 0 aliphatic heterocycles. The van der Waals surface area contributed by atoms with Gasteiger partial charge in [0, 0.05) is 64.2 Å². The number of carbonyl (C=O) groups is 4. The third-order valence-corrected chi connectivity index (χ3v) is 1.65. The quantitative estimate of drug-likeness (QED) is 0.267. The zero-order chi connectivity index (χ0) is 23.4. The summed E-state index contributed by atoms with van der Waals surface area (Å²) in [5.74, 6) is -0.250. The van der Waals surface area contributed by atoms with Gasteiger partial charge in [-0.05, 0) is 55.4 Å². The first-order valence-electron chi connectivity index (χ1n) is 8.02. The molecule has 0 rings (SSSR count). The van der Waals surface area contributed by atoms with Gasteiger partial charge in [0.05, 0.1) is 23.0 Å². The van der Waals surface area contributed by atoms with Crippen LogP contribution in [0.4, 0.5) is 0 Å². The summed E-state index contributed by atoms with van der Waals surface area (Å²) in [4.78, 5) is 40.1. The fourth-order valence-corrected chi connectivity index (χ4v) is 1.18. The van der Waals surface area contributed by atoms with E-state index < -0.39 is 0 Å². The summed E-state index contributed by atoms with van der Waals surface area (Å²) in [5.41, 5.74) is 0. The van der Waals surface area contributed by atoms with E-state index in [1.165, 1.54) is 79.7 Å². The van der Waals surface area contributed by atoms with Gasteiger partial charge in [-0.25, -0.2) is 0 Å². The average molecular weight is 633 g/mol. The Labute approximate surface area is 204 Å². The van der Waals surface area contributed by atoms with Crippen molar-refractivity contribution in [3.8, 4) is 0 Å². The van der Waals surface area contributed by atoms with Crippen LogP contribution in [0.15, 0.2) is 47.3 Å². The normalized spacial score (nSPS) is 11.0. The van der Waals surface area contributed by atoms with E-state index >= 15 is 0 Å². The zero-order valence-corrected chi connectivity index (χ0v) is 22.3. The Morgan fingerprint density at radius 2 is 0.517 bits per heavy atom. The molecule has 9 heteroatoms. The Bertz CT molecular complexity index is 513. The molecule has 0 aromatic carbocycles. The Hall–Kier alpha value is -1.84. The van der Waals surface area contributed by atoms with Gasteiger partial charge in [0.25, 0.3) is 0 Å². The first-order chi connectivity index (χ1) is 12.5. The summed E-state index contributed by atoms with van der Waals surface area (Å²) in [5, 5.41) is 33.5. The van der Waals surface area contributed by atoms with Crippen molar-refractivity contribution in [2.75, 3.05) is 0 Å². The summed E-state index contributed by atoms with van der Waals surface area (Å²) in [6.07, 6.45) is 4.67. The van der Waals surface area contributed by atoms with Crippen LogP contribution < -0.4 is 0 Å². The predicted molar refractivity (Wildman–Crippen MR) is 108 cm³/mol. The molecule has 0 amide bonds. The number of hydrogen-bond donors (Lipinski definition) is 4. The number of carbonyl (C=O) groups excluding carboxylic acids is 4. The molecule has 0 aliphatic rings. The average Bonchev–Trinajstić information content (AvgIpc) is 2.32. The van der Waals surface area contributed by atoms with E-state index in [1.54, 1.807) is 0 Å². The maximum Gasteiger partial charge on any atom is 0.155 e. The van der Waals surface area contributed by atoms with E-state index in [-0.39, 0.29) is 86.1 Å². The molecule has 0 fully saturated rings. The molecule has 0 heterocycles. The van der Waals surface area contributed by atoms with E-state index in [1.807, 2.05) is 0 Å². The van der Waals surface area contributed by atoms with Gasteiger partial charge in [0.2, 0.25) is 0 Å². The van der Waals surface area contributed by atoms with Crippen molar-refractivity contribution in [3.63, 3.8) is 0 Å². The Morgan fingerprint density at radius 1 is 0.414 bits per heavy atom. The van der Waals surface area contributed by atoms with Gasteiger partial charge < -0.3 is 20.4 Å². The number of ketones is 4. The minimum atomic E-state index is -0.125. The van der Waals surface area contributed by atoms with Gasteiger partial charge in [-0.2, -0.15) is 0 Å². The van der Waals surface area contributed by atoms with Gasteiger partial charge >= 0.3 is 0 Å². The summed E-state index contributed by atoms with van der Waals surface area (Å²) in [6.45, 7) is 11.4. The molecule has 8 nitrogen and oxygen atoms in total. The second-order valence-corrected chi connectivity index (χ2v) is 5.59. The number of aliphatic hydroxyl groups is 4. The fourth-order valence-electron chi connectivity index (χ4n) is 1.18. The van der Waals surface area contributed by atoms with Crippen LogP contribution in [0.1, 0.15) is 55.4 Å². The van der Waals surface area contributed by atoms with Crippen molar-refractivity contribution in [2.45, 2.75) is 55.4 Å². The Balaban J connectivity index is -0.0000000873.